The maximum absolute atomic E-state index is 6.18. The average molecular weight is 274 g/mol. The minimum absolute atomic E-state index is 0.531. The Morgan fingerprint density at radius 2 is 1.50 bits per heavy atom. The molecule has 0 unspecified atom stereocenters. The molecular weight excluding hydrogens is 244 g/mol. The topological polar surface area (TPSA) is 27.7 Å². The SMILES string of the molecule is CCCCO[Si](OCC)(OCC)C1CCCCC1. The molecule has 0 aliphatic heterocycles. The molecule has 3 nitrogen and oxygen atoms in total. The first-order valence-corrected chi connectivity index (χ1v) is 9.51. The summed E-state index contributed by atoms with van der Waals surface area (Å²) < 4.78 is 18.3. The molecule has 4 heteroatoms. The van der Waals surface area contributed by atoms with Crippen molar-refractivity contribution in [3.63, 3.8) is 0 Å². The van der Waals surface area contributed by atoms with E-state index in [0.717, 1.165) is 19.4 Å². The number of rotatable bonds is 9. The normalized spacial score (nSPS) is 18.2. The van der Waals surface area contributed by atoms with Crippen LogP contribution >= 0.6 is 0 Å². The highest BCUT2D eigenvalue weighted by Crippen LogP contribution is 2.38. The molecule has 0 N–H and O–H groups in total. The summed E-state index contributed by atoms with van der Waals surface area (Å²) in [6, 6.07) is 0. The van der Waals surface area contributed by atoms with Gasteiger partial charge in [-0.25, -0.2) is 0 Å². The zero-order valence-corrected chi connectivity index (χ0v) is 13.4. The summed E-state index contributed by atoms with van der Waals surface area (Å²) in [4.78, 5) is 0. The smallest absolute Gasteiger partial charge is 0.374 e. The Morgan fingerprint density at radius 3 is 2.00 bits per heavy atom. The third-order valence-corrected chi connectivity index (χ3v) is 7.16. The van der Waals surface area contributed by atoms with Crippen LogP contribution in [0.1, 0.15) is 65.7 Å². The maximum atomic E-state index is 6.18. The number of hydrogen-bond acceptors (Lipinski definition) is 3. The van der Waals surface area contributed by atoms with Gasteiger partial charge in [-0.2, -0.15) is 0 Å². The molecule has 1 saturated carbocycles. The summed E-state index contributed by atoms with van der Waals surface area (Å²) in [6.45, 7) is 8.48. The molecule has 0 bridgehead atoms. The first-order valence-electron chi connectivity index (χ1n) is 7.70. The lowest BCUT2D eigenvalue weighted by Gasteiger charge is -2.37. The molecule has 1 aliphatic carbocycles. The largest absolute Gasteiger partial charge is 0.504 e. The maximum Gasteiger partial charge on any atom is 0.504 e. The molecule has 0 aromatic rings. The van der Waals surface area contributed by atoms with E-state index >= 15 is 0 Å². The fourth-order valence-electron chi connectivity index (χ4n) is 2.70. The fraction of sp³-hybridized carbons (Fsp3) is 1.00. The highest BCUT2D eigenvalue weighted by atomic mass is 28.4. The Balaban J connectivity index is 2.66. The van der Waals surface area contributed by atoms with Crippen molar-refractivity contribution in [2.75, 3.05) is 19.8 Å². The van der Waals surface area contributed by atoms with E-state index in [1.165, 1.54) is 32.1 Å². The van der Waals surface area contributed by atoms with Gasteiger partial charge in [0.15, 0.2) is 0 Å². The highest BCUT2D eigenvalue weighted by Gasteiger charge is 2.49. The molecule has 0 radical (unpaired) electrons. The highest BCUT2D eigenvalue weighted by molar-refractivity contribution is 6.62. The molecule has 0 spiro atoms. The van der Waals surface area contributed by atoms with E-state index in [-0.39, 0.29) is 0 Å². The molecule has 18 heavy (non-hydrogen) atoms. The van der Waals surface area contributed by atoms with E-state index in [4.69, 9.17) is 13.3 Å². The molecule has 0 atom stereocenters. The first-order chi connectivity index (χ1) is 8.79. The molecule has 1 fully saturated rings. The summed E-state index contributed by atoms with van der Waals surface area (Å²) in [6.07, 6.45) is 8.66. The first kappa shape index (κ1) is 16.2. The fourth-order valence-corrected chi connectivity index (χ4v) is 6.00. The van der Waals surface area contributed by atoms with E-state index in [2.05, 4.69) is 6.92 Å². The molecule has 108 valence electrons. The summed E-state index contributed by atoms with van der Waals surface area (Å²) in [7, 11) is -2.43. The van der Waals surface area contributed by atoms with Gasteiger partial charge in [-0.05, 0) is 33.1 Å². The van der Waals surface area contributed by atoms with E-state index in [1.54, 1.807) is 0 Å². The summed E-state index contributed by atoms with van der Waals surface area (Å²) in [5.41, 5.74) is 0.531. The van der Waals surface area contributed by atoms with Crippen molar-refractivity contribution in [3.05, 3.63) is 0 Å². The third kappa shape index (κ3) is 4.65. The predicted molar refractivity (Wildman–Crippen MR) is 76.7 cm³/mol. The monoisotopic (exact) mass is 274 g/mol. The van der Waals surface area contributed by atoms with Crippen LogP contribution in [0, 0.1) is 0 Å². The van der Waals surface area contributed by atoms with Gasteiger partial charge in [-0.15, -0.1) is 0 Å². The predicted octanol–water partition coefficient (Wildman–Crippen LogP) is 4.15. The van der Waals surface area contributed by atoms with Crippen molar-refractivity contribution < 1.29 is 13.3 Å². The Morgan fingerprint density at radius 1 is 0.889 bits per heavy atom. The second kappa shape index (κ2) is 9.07. The van der Waals surface area contributed by atoms with Gasteiger partial charge in [0.25, 0.3) is 0 Å². The van der Waals surface area contributed by atoms with Crippen LogP contribution in [0.4, 0.5) is 0 Å². The number of hydrogen-bond donors (Lipinski definition) is 0. The van der Waals surface area contributed by atoms with Gasteiger partial charge in [-0.3, -0.25) is 0 Å². The van der Waals surface area contributed by atoms with Crippen LogP contribution in [-0.2, 0) is 13.3 Å². The molecule has 1 aliphatic rings. The Hall–Kier alpha value is 0.0969. The Kier molecular flexibility index (Phi) is 8.14. The van der Waals surface area contributed by atoms with Crippen molar-refractivity contribution in [3.8, 4) is 0 Å². The second-order valence-electron chi connectivity index (χ2n) is 5.01. The lowest BCUT2D eigenvalue weighted by Crippen LogP contribution is -2.51. The number of unbranched alkanes of at least 4 members (excludes halogenated alkanes) is 1. The lowest BCUT2D eigenvalue weighted by molar-refractivity contribution is 0.0513. The summed E-state index contributed by atoms with van der Waals surface area (Å²) in [5.74, 6) is 0. The second-order valence-corrected chi connectivity index (χ2v) is 7.90. The van der Waals surface area contributed by atoms with Crippen LogP contribution in [-0.4, -0.2) is 28.6 Å². The van der Waals surface area contributed by atoms with Crippen LogP contribution in [0.15, 0.2) is 0 Å². The van der Waals surface area contributed by atoms with Gasteiger partial charge in [-0.1, -0.05) is 32.6 Å². The molecule has 0 heterocycles. The van der Waals surface area contributed by atoms with Crippen molar-refractivity contribution in [1.82, 2.24) is 0 Å². The Labute approximate surface area is 114 Å². The quantitative estimate of drug-likeness (QED) is 0.467. The van der Waals surface area contributed by atoms with Crippen LogP contribution < -0.4 is 0 Å². The summed E-state index contributed by atoms with van der Waals surface area (Å²) in [5, 5.41) is 0. The third-order valence-electron chi connectivity index (χ3n) is 3.60. The minimum atomic E-state index is -2.43. The van der Waals surface area contributed by atoms with E-state index in [9.17, 15) is 0 Å². The van der Waals surface area contributed by atoms with Crippen molar-refractivity contribution in [2.24, 2.45) is 0 Å². The van der Waals surface area contributed by atoms with Gasteiger partial charge in [0.1, 0.15) is 0 Å². The van der Waals surface area contributed by atoms with Gasteiger partial charge < -0.3 is 13.3 Å². The minimum Gasteiger partial charge on any atom is -0.374 e. The average Bonchev–Trinajstić information content (AvgIpc) is 2.40. The Bertz CT molecular complexity index is 199. The molecule has 1 rings (SSSR count). The van der Waals surface area contributed by atoms with Crippen LogP contribution in [0.2, 0.25) is 5.54 Å². The summed E-state index contributed by atoms with van der Waals surface area (Å²) >= 11 is 0. The van der Waals surface area contributed by atoms with E-state index in [1.807, 2.05) is 13.8 Å². The zero-order chi connectivity index (χ0) is 13.3. The molecule has 0 saturated heterocycles. The van der Waals surface area contributed by atoms with Crippen molar-refractivity contribution in [2.45, 2.75) is 71.3 Å². The molecule has 0 amide bonds. The van der Waals surface area contributed by atoms with Gasteiger partial charge >= 0.3 is 8.80 Å². The molecule has 0 aromatic heterocycles. The van der Waals surface area contributed by atoms with Crippen molar-refractivity contribution in [1.29, 1.82) is 0 Å². The van der Waals surface area contributed by atoms with E-state index in [0.29, 0.717) is 18.8 Å². The van der Waals surface area contributed by atoms with Gasteiger partial charge in [0.2, 0.25) is 0 Å². The molecular formula is C14H30O3Si. The van der Waals surface area contributed by atoms with Crippen LogP contribution in [0.25, 0.3) is 0 Å². The van der Waals surface area contributed by atoms with Crippen LogP contribution in [0.3, 0.4) is 0 Å². The van der Waals surface area contributed by atoms with E-state index < -0.39 is 8.80 Å². The van der Waals surface area contributed by atoms with Crippen LogP contribution in [0.5, 0.6) is 0 Å². The zero-order valence-electron chi connectivity index (χ0n) is 12.4. The van der Waals surface area contributed by atoms with Crippen molar-refractivity contribution >= 4 is 8.80 Å². The van der Waals surface area contributed by atoms with Gasteiger partial charge in [0, 0.05) is 25.4 Å². The lowest BCUT2D eigenvalue weighted by atomic mass is 10.0. The van der Waals surface area contributed by atoms with Gasteiger partial charge in [0.05, 0.1) is 0 Å². The standard InChI is InChI=1S/C14H30O3Si/c1-4-7-13-17-18(15-5-2,16-6-3)14-11-9-8-10-12-14/h14H,4-13H2,1-3H3. The molecule has 0 aromatic carbocycles.